The lowest BCUT2D eigenvalue weighted by atomic mass is 9.98. The van der Waals surface area contributed by atoms with E-state index >= 15 is 0 Å². The molecule has 130 valence electrons. The molecule has 1 aromatic carbocycles. The van der Waals surface area contributed by atoms with E-state index in [0.29, 0.717) is 25.9 Å². The lowest BCUT2D eigenvalue weighted by molar-refractivity contribution is -0.137. The summed E-state index contributed by atoms with van der Waals surface area (Å²) in [5, 5.41) is 0. The summed E-state index contributed by atoms with van der Waals surface area (Å²) in [7, 11) is 1.62. The molecule has 0 aliphatic carbocycles. The number of amides is 1. The van der Waals surface area contributed by atoms with E-state index in [1.807, 2.05) is 0 Å². The van der Waals surface area contributed by atoms with Gasteiger partial charge in [-0.15, -0.1) is 12.4 Å². The second kappa shape index (κ2) is 7.99. The largest absolute Gasteiger partial charge is 0.416 e. The maximum atomic E-state index is 12.5. The lowest BCUT2D eigenvalue weighted by Crippen LogP contribution is -2.51. The number of halogens is 4. The van der Waals surface area contributed by atoms with Gasteiger partial charge < -0.3 is 15.4 Å². The zero-order chi connectivity index (χ0) is 16.3. The minimum Gasteiger partial charge on any atom is -0.381 e. The van der Waals surface area contributed by atoms with Crippen LogP contribution in [0.3, 0.4) is 0 Å². The monoisotopic (exact) mass is 352 g/mol. The Bertz CT molecular complexity index is 522. The number of hydrogen-bond donors (Lipinski definition) is 1. The Morgan fingerprint density at radius 1 is 1.35 bits per heavy atom. The van der Waals surface area contributed by atoms with Crippen LogP contribution in [0.4, 0.5) is 13.2 Å². The molecule has 0 bridgehead atoms. The van der Waals surface area contributed by atoms with Gasteiger partial charge in [0.25, 0.3) is 5.91 Å². The maximum absolute atomic E-state index is 12.5. The van der Waals surface area contributed by atoms with Crippen molar-refractivity contribution in [2.24, 2.45) is 5.73 Å². The average Bonchev–Trinajstić information content (AvgIpc) is 2.52. The van der Waals surface area contributed by atoms with E-state index < -0.39 is 11.7 Å². The highest BCUT2D eigenvalue weighted by Gasteiger charge is 2.33. The molecule has 0 radical (unpaired) electrons. The number of alkyl halides is 3. The van der Waals surface area contributed by atoms with Crippen LogP contribution in [0.15, 0.2) is 24.3 Å². The van der Waals surface area contributed by atoms with E-state index in [0.717, 1.165) is 12.1 Å². The third-order valence-electron chi connectivity index (χ3n) is 3.99. The molecular weight excluding hydrogens is 333 g/mol. The molecule has 1 aromatic rings. The normalized spacial score (nSPS) is 21.7. The Balaban J connectivity index is 0.00000264. The van der Waals surface area contributed by atoms with Crippen LogP contribution in [-0.4, -0.2) is 43.2 Å². The Hall–Kier alpha value is -1.31. The zero-order valence-electron chi connectivity index (χ0n) is 12.7. The van der Waals surface area contributed by atoms with Crippen LogP contribution < -0.4 is 5.73 Å². The molecule has 23 heavy (non-hydrogen) atoms. The summed E-state index contributed by atoms with van der Waals surface area (Å²) >= 11 is 0. The first-order valence-electron chi connectivity index (χ1n) is 7.08. The zero-order valence-corrected chi connectivity index (χ0v) is 13.5. The van der Waals surface area contributed by atoms with Gasteiger partial charge in [0, 0.05) is 31.8 Å². The molecule has 2 unspecified atom stereocenters. The highest BCUT2D eigenvalue weighted by Crippen LogP contribution is 2.29. The molecule has 2 atom stereocenters. The predicted octanol–water partition coefficient (Wildman–Crippen LogP) is 2.71. The fraction of sp³-hybridized carbons (Fsp3) is 0.533. The summed E-state index contributed by atoms with van der Waals surface area (Å²) in [6.07, 6.45) is -3.01. The smallest absolute Gasteiger partial charge is 0.381 e. The molecule has 1 heterocycles. The van der Waals surface area contributed by atoms with Gasteiger partial charge in [-0.05, 0) is 37.1 Å². The van der Waals surface area contributed by atoms with E-state index in [2.05, 4.69) is 0 Å². The van der Waals surface area contributed by atoms with Crippen LogP contribution in [0.2, 0.25) is 0 Å². The third kappa shape index (κ3) is 4.59. The summed E-state index contributed by atoms with van der Waals surface area (Å²) in [5.41, 5.74) is 5.18. The minimum atomic E-state index is -4.40. The number of methoxy groups -OCH3 is 1. The van der Waals surface area contributed by atoms with Crippen molar-refractivity contribution < 1.29 is 22.7 Å². The number of carbonyl (C=O) groups is 1. The molecule has 2 N–H and O–H groups in total. The second-order valence-electron chi connectivity index (χ2n) is 5.35. The molecule has 1 saturated heterocycles. The van der Waals surface area contributed by atoms with Crippen molar-refractivity contribution in [1.82, 2.24) is 4.90 Å². The van der Waals surface area contributed by atoms with Crippen molar-refractivity contribution in [1.29, 1.82) is 0 Å². The summed E-state index contributed by atoms with van der Waals surface area (Å²) in [6, 6.07) is 4.11. The molecule has 1 aliphatic heterocycles. The third-order valence-corrected chi connectivity index (χ3v) is 3.99. The number of nitrogens with two attached hydrogens (primary N) is 1. The fourth-order valence-electron chi connectivity index (χ4n) is 2.69. The quantitative estimate of drug-likeness (QED) is 0.910. The number of ether oxygens (including phenoxy) is 1. The number of hydrogen-bond acceptors (Lipinski definition) is 3. The molecule has 0 spiro atoms. The number of piperidine rings is 1. The standard InChI is InChI=1S/C15H19F3N2O2.ClH/c1-22-13-6-7-20(12(8-13)9-19)14(21)10-2-4-11(5-3-10)15(16,17)18;/h2-5,12-13H,6-9,19H2,1H3;1H. The van der Waals surface area contributed by atoms with Crippen LogP contribution >= 0.6 is 12.4 Å². The van der Waals surface area contributed by atoms with Crippen LogP contribution in [0.5, 0.6) is 0 Å². The van der Waals surface area contributed by atoms with Crippen molar-refractivity contribution in [3.63, 3.8) is 0 Å². The molecule has 0 saturated carbocycles. The van der Waals surface area contributed by atoms with E-state index in [1.165, 1.54) is 12.1 Å². The molecule has 1 fully saturated rings. The van der Waals surface area contributed by atoms with Crippen molar-refractivity contribution in [2.45, 2.75) is 31.2 Å². The minimum absolute atomic E-state index is 0. The van der Waals surface area contributed by atoms with Gasteiger partial charge in [0.05, 0.1) is 11.7 Å². The highest BCUT2D eigenvalue weighted by molar-refractivity contribution is 5.94. The number of carbonyl (C=O) groups excluding carboxylic acids is 1. The van der Waals surface area contributed by atoms with Gasteiger partial charge in [-0.2, -0.15) is 13.2 Å². The number of likely N-dealkylation sites (tertiary alicyclic amines) is 1. The Labute approximate surface area is 139 Å². The van der Waals surface area contributed by atoms with Crippen LogP contribution in [0.1, 0.15) is 28.8 Å². The van der Waals surface area contributed by atoms with Crippen molar-refractivity contribution in [2.75, 3.05) is 20.2 Å². The summed E-state index contributed by atoms with van der Waals surface area (Å²) in [6.45, 7) is 0.784. The van der Waals surface area contributed by atoms with Gasteiger partial charge in [-0.25, -0.2) is 0 Å². The van der Waals surface area contributed by atoms with Gasteiger partial charge in [0.15, 0.2) is 0 Å². The van der Waals surface area contributed by atoms with Gasteiger partial charge in [0.1, 0.15) is 0 Å². The van der Waals surface area contributed by atoms with Crippen molar-refractivity contribution >= 4 is 18.3 Å². The van der Waals surface area contributed by atoms with Crippen LogP contribution in [0.25, 0.3) is 0 Å². The first-order chi connectivity index (χ1) is 10.4. The lowest BCUT2D eigenvalue weighted by Gasteiger charge is -2.38. The van der Waals surface area contributed by atoms with E-state index in [1.54, 1.807) is 12.0 Å². The van der Waals surface area contributed by atoms with Gasteiger partial charge in [-0.3, -0.25) is 4.79 Å². The summed E-state index contributed by atoms with van der Waals surface area (Å²) < 4.78 is 42.9. The Morgan fingerprint density at radius 2 is 1.96 bits per heavy atom. The SMILES string of the molecule is COC1CCN(C(=O)c2ccc(C(F)(F)F)cc2)C(CN)C1.Cl. The molecule has 0 aromatic heterocycles. The Kier molecular flexibility index (Phi) is 6.85. The van der Waals surface area contributed by atoms with Crippen LogP contribution in [0, 0.1) is 0 Å². The summed E-state index contributed by atoms with van der Waals surface area (Å²) in [5.74, 6) is -0.293. The average molecular weight is 353 g/mol. The maximum Gasteiger partial charge on any atom is 0.416 e. The molecular formula is C15H20ClF3N2O2. The van der Waals surface area contributed by atoms with Gasteiger partial charge in [-0.1, -0.05) is 0 Å². The molecule has 1 aliphatic rings. The predicted molar refractivity (Wildman–Crippen MR) is 82.6 cm³/mol. The second-order valence-corrected chi connectivity index (χ2v) is 5.35. The number of nitrogens with zero attached hydrogens (tertiary/aromatic N) is 1. The highest BCUT2D eigenvalue weighted by atomic mass is 35.5. The number of benzene rings is 1. The first-order valence-corrected chi connectivity index (χ1v) is 7.08. The topological polar surface area (TPSA) is 55.6 Å². The summed E-state index contributed by atoms with van der Waals surface area (Å²) in [4.78, 5) is 14.1. The van der Waals surface area contributed by atoms with Gasteiger partial charge >= 0.3 is 6.18 Å². The van der Waals surface area contributed by atoms with Crippen molar-refractivity contribution in [3.05, 3.63) is 35.4 Å². The Morgan fingerprint density at radius 3 is 2.43 bits per heavy atom. The molecule has 4 nitrogen and oxygen atoms in total. The van der Waals surface area contributed by atoms with Gasteiger partial charge in [0.2, 0.25) is 0 Å². The molecule has 8 heteroatoms. The molecule has 2 rings (SSSR count). The first kappa shape index (κ1) is 19.7. The van der Waals surface area contributed by atoms with E-state index in [4.69, 9.17) is 10.5 Å². The van der Waals surface area contributed by atoms with Crippen LogP contribution in [-0.2, 0) is 10.9 Å². The fourth-order valence-corrected chi connectivity index (χ4v) is 2.69. The number of rotatable bonds is 3. The van der Waals surface area contributed by atoms with E-state index in [9.17, 15) is 18.0 Å². The molecule has 1 amide bonds. The van der Waals surface area contributed by atoms with Crippen molar-refractivity contribution in [3.8, 4) is 0 Å². The van der Waals surface area contributed by atoms with E-state index in [-0.39, 0.29) is 36.0 Å².